The molecule has 0 spiro atoms. The molecule has 0 aromatic rings. The van der Waals surface area contributed by atoms with Gasteiger partial charge in [-0.1, -0.05) is 0 Å². The van der Waals surface area contributed by atoms with Gasteiger partial charge in [-0.15, -0.1) is 0 Å². The molecule has 0 aliphatic rings. The second kappa shape index (κ2) is 10.1. The van der Waals surface area contributed by atoms with Crippen LogP contribution in [0.4, 0.5) is 0 Å². The van der Waals surface area contributed by atoms with E-state index in [1.54, 1.807) is 6.92 Å². The Kier molecular flexibility index (Phi) is 11.5. The average Bonchev–Trinajstić information content (AvgIpc) is 1.87. The van der Waals surface area contributed by atoms with Crippen LogP contribution in [0.15, 0.2) is 0 Å². The molecular weight excluding hydrogens is 160 g/mol. The summed E-state index contributed by atoms with van der Waals surface area (Å²) in [6, 6.07) is 0. The van der Waals surface area contributed by atoms with E-state index in [-0.39, 0.29) is 12.5 Å². The SMILES string of the molecule is CC=O.CCOC(C)CC(=O)O. The summed E-state index contributed by atoms with van der Waals surface area (Å²) in [4.78, 5) is 18.8. The summed E-state index contributed by atoms with van der Waals surface area (Å²) in [6.07, 6.45) is 0.681. The number of hydrogen-bond donors (Lipinski definition) is 1. The van der Waals surface area contributed by atoms with E-state index in [0.29, 0.717) is 6.61 Å². The maximum absolute atomic E-state index is 10.0. The number of rotatable bonds is 4. The maximum atomic E-state index is 10.0. The van der Waals surface area contributed by atoms with Crippen LogP contribution in [0.1, 0.15) is 27.2 Å². The lowest BCUT2D eigenvalue weighted by atomic mass is 10.3. The van der Waals surface area contributed by atoms with Gasteiger partial charge < -0.3 is 14.6 Å². The van der Waals surface area contributed by atoms with Gasteiger partial charge in [0.05, 0.1) is 12.5 Å². The number of hydrogen-bond acceptors (Lipinski definition) is 3. The molecule has 72 valence electrons. The van der Waals surface area contributed by atoms with Crippen LogP contribution in [0.3, 0.4) is 0 Å². The zero-order valence-corrected chi connectivity index (χ0v) is 7.74. The first-order chi connectivity index (χ1) is 5.58. The molecule has 0 radical (unpaired) electrons. The van der Waals surface area contributed by atoms with Gasteiger partial charge in [-0.3, -0.25) is 4.79 Å². The Bertz CT molecular complexity index is 122. The third-order valence-electron chi connectivity index (χ3n) is 0.913. The van der Waals surface area contributed by atoms with Gasteiger partial charge in [0.1, 0.15) is 6.29 Å². The standard InChI is InChI=1S/C6H12O3.C2H4O/c1-3-9-5(2)4-6(7)8;1-2-3/h5H,3-4H2,1-2H3,(H,7,8);2H,1H3. The fraction of sp³-hybridized carbons (Fsp3) is 0.750. The van der Waals surface area contributed by atoms with Crippen molar-refractivity contribution in [3.8, 4) is 0 Å². The molecule has 0 bridgehead atoms. The van der Waals surface area contributed by atoms with Gasteiger partial charge in [-0.2, -0.15) is 0 Å². The zero-order chi connectivity index (χ0) is 9.98. The fourth-order valence-corrected chi connectivity index (χ4v) is 0.589. The Morgan fingerprint density at radius 1 is 1.67 bits per heavy atom. The van der Waals surface area contributed by atoms with Crippen LogP contribution in [0.25, 0.3) is 0 Å². The van der Waals surface area contributed by atoms with Crippen molar-refractivity contribution in [1.82, 2.24) is 0 Å². The largest absolute Gasteiger partial charge is 0.481 e. The molecule has 0 aromatic carbocycles. The van der Waals surface area contributed by atoms with Crippen molar-refractivity contribution in [2.45, 2.75) is 33.3 Å². The number of carbonyl (C=O) groups excluding carboxylic acids is 1. The second-order valence-electron chi connectivity index (χ2n) is 2.10. The van der Waals surface area contributed by atoms with E-state index in [4.69, 9.17) is 14.6 Å². The predicted octanol–water partition coefficient (Wildman–Crippen LogP) is 1.09. The fourth-order valence-electron chi connectivity index (χ4n) is 0.589. The predicted molar refractivity (Wildman–Crippen MR) is 45.1 cm³/mol. The monoisotopic (exact) mass is 176 g/mol. The smallest absolute Gasteiger partial charge is 0.305 e. The Labute approximate surface area is 72.5 Å². The Balaban J connectivity index is 0. The first-order valence-electron chi connectivity index (χ1n) is 3.81. The summed E-state index contributed by atoms with van der Waals surface area (Å²) in [6.45, 7) is 5.62. The molecule has 0 rings (SSSR count). The lowest BCUT2D eigenvalue weighted by Crippen LogP contribution is -2.13. The molecular formula is C8H16O4. The van der Waals surface area contributed by atoms with Crippen LogP contribution >= 0.6 is 0 Å². The minimum Gasteiger partial charge on any atom is -0.481 e. The van der Waals surface area contributed by atoms with Crippen molar-refractivity contribution in [2.75, 3.05) is 6.61 Å². The van der Waals surface area contributed by atoms with Crippen LogP contribution in [0.2, 0.25) is 0 Å². The van der Waals surface area contributed by atoms with Crippen LogP contribution < -0.4 is 0 Å². The highest BCUT2D eigenvalue weighted by molar-refractivity contribution is 5.67. The lowest BCUT2D eigenvalue weighted by Gasteiger charge is -2.06. The van der Waals surface area contributed by atoms with Gasteiger partial charge >= 0.3 is 5.97 Å². The highest BCUT2D eigenvalue weighted by Gasteiger charge is 2.05. The van der Waals surface area contributed by atoms with E-state index < -0.39 is 5.97 Å². The molecule has 4 nitrogen and oxygen atoms in total. The Morgan fingerprint density at radius 2 is 2.08 bits per heavy atom. The van der Waals surface area contributed by atoms with E-state index >= 15 is 0 Å². The number of aliphatic carboxylic acids is 1. The topological polar surface area (TPSA) is 63.6 Å². The van der Waals surface area contributed by atoms with E-state index in [1.807, 2.05) is 6.92 Å². The van der Waals surface area contributed by atoms with Gasteiger partial charge in [0.25, 0.3) is 0 Å². The highest BCUT2D eigenvalue weighted by Crippen LogP contribution is 1.95. The summed E-state index contributed by atoms with van der Waals surface area (Å²) in [7, 11) is 0. The van der Waals surface area contributed by atoms with Crippen molar-refractivity contribution >= 4 is 12.3 Å². The number of carbonyl (C=O) groups is 2. The van der Waals surface area contributed by atoms with E-state index in [2.05, 4.69) is 0 Å². The van der Waals surface area contributed by atoms with Crippen molar-refractivity contribution in [3.05, 3.63) is 0 Å². The lowest BCUT2D eigenvalue weighted by molar-refractivity contribution is -0.139. The number of aldehydes is 1. The van der Waals surface area contributed by atoms with Crippen molar-refractivity contribution in [3.63, 3.8) is 0 Å². The Hall–Kier alpha value is -0.900. The van der Waals surface area contributed by atoms with E-state index in [1.165, 1.54) is 6.92 Å². The van der Waals surface area contributed by atoms with Gasteiger partial charge in [0, 0.05) is 6.61 Å². The van der Waals surface area contributed by atoms with Crippen LogP contribution in [0, 0.1) is 0 Å². The van der Waals surface area contributed by atoms with Gasteiger partial charge in [0.2, 0.25) is 0 Å². The van der Waals surface area contributed by atoms with E-state index in [0.717, 1.165) is 6.29 Å². The molecule has 4 heteroatoms. The summed E-state index contributed by atoms with van der Waals surface area (Å²) < 4.78 is 4.97. The third kappa shape index (κ3) is 16.0. The van der Waals surface area contributed by atoms with Crippen molar-refractivity contribution in [2.24, 2.45) is 0 Å². The summed E-state index contributed by atoms with van der Waals surface area (Å²) in [5.74, 6) is -0.809. The first-order valence-corrected chi connectivity index (χ1v) is 3.81. The minimum absolute atomic E-state index is 0.0911. The molecule has 1 unspecified atom stereocenters. The molecule has 0 amide bonds. The molecule has 0 saturated heterocycles. The molecule has 0 aliphatic heterocycles. The molecule has 0 heterocycles. The first kappa shape index (κ1) is 13.7. The van der Waals surface area contributed by atoms with Gasteiger partial charge in [-0.25, -0.2) is 0 Å². The summed E-state index contributed by atoms with van der Waals surface area (Å²) >= 11 is 0. The Morgan fingerprint density at radius 3 is 2.33 bits per heavy atom. The highest BCUT2D eigenvalue weighted by atomic mass is 16.5. The quantitative estimate of drug-likeness (QED) is 0.651. The van der Waals surface area contributed by atoms with Crippen LogP contribution in [0.5, 0.6) is 0 Å². The maximum Gasteiger partial charge on any atom is 0.305 e. The molecule has 0 aromatic heterocycles. The van der Waals surface area contributed by atoms with E-state index in [9.17, 15) is 4.79 Å². The normalized spacial score (nSPS) is 10.9. The second-order valence-corrected chi connectivity index (χ2v) is 2.10. The molecule has 0 aliphatic carbocycles. The molecule has 0 fully saturated rings. The van der Waals surface area contributed by atoms with Crippen molar-refractivity contribution in [1.29, 1.82) is 0 Å². The summed E-state index contributed by atoms with van der Waals surface area (Å²) in [5, 5.41) is 8.23. The van der Waals surface area contributed by atoms with Crippen LogP contribution in [-0.2, 0) is 14.3 Å². The molecule has 1 N–H and O–H groups in total. The van der Waals surface area contributed by atoms with Gasteiger partial charge in [0.15, 0.2) is 0 Å². The number of carboxylic acids is 1. The molecule has 12 heavy (non-hydrogen) atoms. The third-order valence-corrected chi connectivity index (χ3v) is 0.913. The van der Waals surface area contributed by atoms with Gasteiger partial charge in [-0.05, 0) is 20.8 Å². The van der Waals surface area contributed by atoms with Crippen LogP contribution in [-0.4, -0.2) is 30.1 Å². The number of ether oxygens (including phenoxy) is 1. The average molecular weight is 176 g/mol. The minimum atomic E-state index is -0.809. The molecule has 0 saturated carbocycles. The molecule has 1 atom stereocenters. The van der Waals surface area contributed by atoms with Crippen molar-refractivity contribution < 1.29 is 19.4 Å². The zero-order valence-electron chi connectivity index (χ0n) is 7.74. The summed E-state index contributed by atoms with van der Waals surface area (Å²) in [5.41, 5.74) is 0. The number of carboxylic acid groups (broad SMARTS) is 1.